The van der Waals surface area contributed by atoms with Gasteiger partial charge in [0, 0.05) is 5.69 Å². The number of fused-ring (bicyclic) bond motifs is 1. The predicted molar refractivity (Wildman–Crippen MR) is 112 cm³/mol. The first-order valence-corrected chi connectivity index (χ1v) is 9.77. The number of hydrogen-bond acceptors (Lipinski definition) is 6. The van der Waals surface area contributed by atoms with Crippen LogP contribution in [0.1, 0.15) is 11.3 Å². The summed E-state index contributed by atoms with van der Waals surface area (Å²) in [6.45, 7) is 1.77. The number of H-pyrrole nitrogens is 1. The van der Waals surface area contributed by atoms with E-state index in [1.807, 2.05) is 54.6 Å². The van der Waals surface area contributed by atoms with Crippen LogP contribution in [0.4, 0.5) is 0 Å². The van der Waals surface area contributed by atoms with Crippen molar-refractivity contribution in [2.24, 2.45) is 5.10 Å². The minimum absolute atomic E-state index is 0.0878. The SMILES string of the molecule is Cc1[nH]n(-c2ccccc2)c(=O)c1/C=N\NC(=O)CSc1nc2ccccc2o1. The summed E-state index contributed by atoms with van der Waals surface area (Å²) in [6, 6.07) is 16.6. The monoisotopic (exact) mass is 407 g/mol. The number of aromatic amines is 1. The van der Waals surface area contributed by atoms with E-state index in [0.29, 0.717) is 22.1 Å². The molecule has 4 rings (SSSR count). The number of aryl methyl sites for hydroxylation is 1. The van der Waals surface area contributed by atoms with Gasteiger partial charge in [0.25, 0.3) is 16.7 Å². The Labute approximate surface area is 169 Å². The van der Waals surface area contributed by atoms with Crippen LogP contribution in [0.5, 0.6) is 0 Å². The maximum absolute atomic E-state index is 12.6. The maximum Gasteiger partial charge on any atom is 0.280 e. The number of rotatable bonds is 6. The van der Waals surface area contributed by atoms with Crippen molar-refractivity contribution in [1.29, 1.82) is 0 Å². The average molecular weight is 407 g/mol. The van der Waals surface area contributed by atoms with E-state index >= 15 is 0 Å². The lowest BCUT2D eigenvalue weighted by molar-refractivity contribution is -0.118. The average Bonchev–Trinajstić information content (AvgIpc) is 3.28. The van der Waals surface area contributed by atoms with Crippen LogP contribution >= 0.6 is 11.8 Å². The highest BCUT2D eigenvalue weighted by atomic mass is 32.2. The fraction of sp³-hybridized carbons (Fsp3) is 0.100. The highest BCUT2D eigenvalue weighted by molar-refractivity contribution is 7.99. The first kappa shape index (κ1) is 18.8. The van der Waals surface area contributed by atoms with Gasteiger partial charge in [-0.1, -0.05) is 42.1 Å². The smallest absolute Gasteiger partial charge is 0.280 e. The topological polar surface area (TPSA) is 105 Å². The molecule has 0 unspecified atom stereocenters. The van der Waals surface area contributed by atoms with Gasteiger partial charge in [0.2, 0.25) is 0 Å². The van der Waals surface area contributed by atoms with Crippen LogP contribution in [0.3, 0.4) is 0 Å². The van der Waals surface area contributed by atoms with Crippen molar-refractivity contribution in [3.05, 3.63) is 76.2 Å². The molecule has 0 aliphatic carbocycles. The molecule has 0 saturated heterocycles. The van der Waals surface area contributed by atoms with Gasteiger partial charge < -0.3 is 4.42 Å². The Morgan fingerprint density at radius 1 is 1.24 bits per heavy atom. The number of hydrogen-bond donors (Lipinski definition) is 2. The predicted octanol–water partition coefficient (Wildman–Crippen LogP) is 2.86. The molecule has 4 aromatic rings. The number of nitrogens with zero attached hydrogens (tertiary/aromatic N) is 3. The van der Waals surface area contributed by atoms with Gasteiger partial charge >= 0.3 is 0 Å². The Hall–Kier alpha value is -3.59. The second-order valence-corrected chi connectivity index (χ2v) is 7.08. The van der Waals surface area contributed by atoms with Gasteiger partial charge in [0.05, 0.1) is 23.2 Å². The molecular weight excluding hydrogens is 390 g/mol. The molecule has 2 aromatic heterocycles. The molecule has 0 fully saturated rings. The second kappa shape index (κ2) is 8.19. The van der Waals surface area contributed by atoms with Gasteiger partial charge in [0.15, 0.2) is 5.58 Å². The Kier molecular flexibility index (Phi) is 5.30. The Morgan fingerprint density at radius 3 is 2.79 bits per heavy atom. The lowest BCUT2D eigenvalue weighted by Gasteiger charge is -1.99. The number of benzene rings is 2. The first-order chi connectivity index (χ1) is 14.1. The molecule has 0 spiro atoms. The van der Waals surface area contributed by atoms with Crippen LogP contribution in [0.25, 0.3) is 16.8 Å². The summed E-state index contributed by atoms with van der Waals surface area (Å²) in [7, 11) is 0. The normalized spacial score (nSPS) is 11.3. The van der Waals surface area contributed by atoms with Crippen molar-refractivity contribution < 1.29 is 9.21 Å². The van der Waals surface area contributed by atoms with E-state index in [2.05, 4.69) is 20.6 Å². The number of aromatic nitrogens is 3. The molecule has 0 aliphatic rings. The fourth-order valence-electron chi connectivity index (χ4n) is 2.71. The molecule has 146 valence electrons. The zero-order valence-corrected chi connectivity index (χ0v) is 16.3. The van der Waals surface area contributed by atoms with E-state index in [9.17, 15) is 9.59 Å². The van der Waals surface area contributed by atoms with E-state index in [4.69, 9.17) is 4.42 Å². The summed E-state index contributed by atoms with van der Waals surface area (Å²) >= 11 is 1.17. The molecule has 0 atom stereocenters. The summed E-state index contributed by atoms with van der Waals surface area (Å²) in [6.07, 6.45) is 1.34. The molecule has 1 amide bonds. The number of amides is 1. The largest absolute Gasteiger partial charge is 0.431 e. The highest BCUT2D eigenvalue weighted by Gasteiger charge is 2.11. The summed E-state index contributed by atoms with van der Waals surface area (Å²) in [5.41, 5.74) is 5.34. The van der Waals surface area contributed by atoms with Crippen molar-refractivity contribution >= 4 is 35.0 Å². The molecule has 2 N–H and O–H groups in total. The molecule has 9 heteroatoms. The fourth-order valence-corrected chi connectivity index (χ4v) is 3.34. The Bertz CT molecular complexity index is 1210. The van der Waals surface area contributed by atoms with Crippen LogP contribution in [0.2, 0.25) is 0 Å². The molecule has 0 radical (unpaired) electrons. The van der Waals surface area contributed by atoms with Gasteiger partial charge in [-0.2, -0.15) is 5.10 Å². The molecule has 2 aromatic carbocycles. The number of nitrogens with one attached hydrogen (secondary N) is 2. The highest BCUT2D eigenvalue weighted by Crippen LogP contribution is 2.22. The third kappa shape index (κ3) is 4.14. The number of thioether (sulfide) groups is 1. The molecule has 8 nitrogen and oxygen atoms in total. The van der Waals surface area contributed by atoms with Gasteiger partial charge in [-0.05, 0) is 31.2 Å². The third-order valence-corrected chi connectivity index (χ3v) is 4.94. The van der Waals surface area contributed by atoms with E-state index < -0.39 is 0 Å². The van der Waals surface area contributed by atoms with Crippen molar-refractivity contribution in [3.8, 4) is 5.69 Å². The van der Waals surface area contributed by atoms with Gasteiger partial charge in [-0.25, -0.2) is 15.1 Å². The quantitative estimate of drug-likeness (QED) is 0.290. The minimum atomic E-state index is -0.329. The molecule has 0 saturated carbocycles. The number of carbonyl (C=O) groups excluding carboxylic acids is 1. The number of para-hydroxylation sites is 3. The van der Waals surface area contributed by atoms with Gasteiger partial charge in [-0.3, -0.25) is 14.7 Å². The van der Waals surface area contributed by atoms with Crippen LogP contribution < -0.4 is 11.0 Å². The standard InChI is InChI=1S/C20H17N5O3S/c1-13-15(19(27)25(24-13)14-7-3-2-4-8-14)11-21-23-18(26)12-29-20-22-16-9-5-6-10-17(16)28-20/h2-11,24H,12H2,1H3,(H,23,26)/b21-11-. The molecule has 0 aliphatic heterocycles. The maximum atomic E-state index is 12.6. The molecule has 29 heavy (non-hydrogen) atoms. The van der Waals surface area contributed by atoms with Crippen molar-refractivity contribution in [2.75, 3.05) is 5.75 Å². The number of hydrazone groups is 1. The van der Waals surface area contributed by atoms with Gasteiger partial charge in [0.1, 0.15) is 5.52 Å². The summed E-state index contributed by atoms with van der Waals surface area (Å²) < 4.78 is 6.99. The van der Waals surface area contributed by atoms with E-state index in [-0.39, 0.29) is 17.2 Å². The van der Waals surface area contributed by atoms with Gasteiger partial charge in [-0.15, -0.1) is 0 Å². The van der Waals surface area contributed by atoms with Crippen molar-refractivity contribution in [2.45, 2.75) is 12.1 Å². The van der Waals surface area contributed by atoms with E-state index in [0.717, 1.165) is 11.2 Å². The molecule has 2 heterocycles. The molecular formula is C20H17N5O3S. The lowest BCUT2D eigenvalue weighted by Crippen LogP contribution is -2.21. The van der Waals surface area contributed by atoms with Crippen molar-refractivity contribution in [1.82, 2.24) is 20.2 Å². The Balaban J connectivity index is 1.38. The Morgan fingerprint density at radius 2 is 2.00 bits per heavy atom. The number of oxazole rings is 1. The van der Waals surface area contributed by atoms with Crippen LogP contribution in [0, 0.1) is 6.92 Å². The summed E-state index contributed by atoms with van der Waals surface area (Å²) in [5, 5.41) is 7.32. The van der Waals surface area contributed by atoms with E-state index in [1.54, 1.807) is 6.92 Å². The van der Waals surface area contributed by atoms with Crippen LogP contribution in [-0.4, -0.2) is 32.6 Å². The summed E-state index contributed by atoms with van der Waals surface area (Å²) in [4.78, 5) is 28.9. The van der Waals surface area contributed by atoms with Crippen LogP contribution in [0.15, 0.2) is 74.1 Å². The van der Waals surface area contributed by atoms with E-state index in [1.165, 1.54) is 22.7 Å². The number of carbonyl (C=O) groups is 1. The third-order valence-electron chi connectivity index (χ3n) is 4.12. The minimum Gasteiger partial charge on any atom is -0.431 e. The first-order valence-electron chi connectivity index (χ1n) is 8.79. The lowest BCUT2D eigenvalue weighted by atomic mass is 10.3. The van der Waals surface area contributed by atoms with Crippen molar-refractivity contribution in [3.63, 3.8) is 0 Å². The summed E-state index contributed by atoms with van der Waals surface area (Å²) in [5.74, 6) is -0.241. The zero-order valence-electron chi connectivity index (χ0n) is 15.5. The zero-order chi connectivity index (χ0) is 20.2. The molecule has 0 bridgehead atoms. The van der Waals surface area contributed by atoms with Crippen LogP contribution in [-0.2, 0) is 4.79 Å². The second-order valence-electron chi connectivity index (χ2n) is 6.16.